The Labute approximate surface area is 286 Å². The van der Waals surface area contributed by atoms with E-state index in [-0.39, 0.29) is 10.8 Å². The molecule has 0 N–H and O–H groups in total. The Morgan fingerprint density at radius 2 is 0.932 bits per heavy atom. The van der Waals surface area contributed by atoms with Crippen LogP contribution >= 0.6 is 17.0 Å². The molecule has 1 aliphatic rings. The third-order valence-electron chi connectivity index (χ3n) is 9.90. The molecule has 0 aromatic heterocycles. The molecule has 0 spiro atoms. The van der Waals surface area contributed by atoms with E-state index in [2.05, 4.69) is 126 Å². The number of hydrogen-bond acceptors (Lipinski definition) is 0. The van der Waals surface area contributed by atoms with Gasteiger partial charge in [-0.2, -0.15) is 0 Å². The third kappa shape index (κ3) is 9.21. The summed E-state index contributed by atoms with van der Waals surface area (Å²) in [6, 6.07) is 32.1. The SMILES string of the molecule is Cc1cc2c(cc1CCCCC(C)(C)c1ccccc1)-c1cc(CCCCC(C)(C)c3ccccc3)c(C)cc1C2.[Cl][Zr][Cl]. The number of halogens is 2. The van der Waals surface area contributed by atoms with Crippen molar-refractivity contribution < 1.29 is 20.8 Å². The zero-order valence-corrected chi connectivity index (χ0v) is 31.7. The predicted molar refractivity (Wildman–Crippen MR) is 190 cm³/mol. The molecule has 3 heteroatoms. The van der Waals surface area contributed by atoms with Crippen molar-refractivity contribution >= 4 is 17.0 Å². The summed E-state index contributed by atoms with van der Waals surface area (Å²) in [6.07, 6.45) is 10.9. The third-order valence-corrected chi connectivity index (χ3v) is 9.90. The Bertz CT molecular complexity index is 1380. The van der Waals surface area contributed by atoms with Crippen molar-refractivity contribution in [3.63, 3.8) is 0 Å². The molecule has 0 nitrogen and oxygen atoms in total. The summed E-state index contributed by atoms with van der Waals surface area (Å²) < 4.78 is 0. The molecule has 0 fully saturated rings. The normalized spacial score (nSPS) is 12.3. The van der Waals surface area contributed by atoms with Crippen molar-refractivity contribution in [1.82, 2.24) is 0 Å². The van der Waals surface area contributed by atoms with Crippen LogP contribution in [-0.2, 0) is 50.9 Å². The zero-order valence-electron chi connectivity index (χ0n) is 27.7. The molecule has 0 saturated carbocycles. The molecule has 0 unspecified atom stereocenters. The molecular formula is C41H50Cl2Zr. The minimum absolute atomic E-state index is 0.235. The predicted octanol–water partition coefficient (Wildman–Crippen LogP) is 12.6. The Morgan fingerprint density at radius 3 is 1.30 bits per heavy atom. The van der Waals surface area contributed by atoms with Crippen LogP contribution in [0.5, 0.6) is 0 Å². The summed E-state index contributed by atoms with van der Waals surface area (Å²) in [6.45, 7) is 14.2. The monoisotopic (exact) mass is 702 g/mol. The summed E-state index contributed by atoms with van der Waals surface area (Å²) in [4.78, 5) is 0. The molecule has 232 valence electrons. The van der Waals surface area contributed by atoms with Gasteiger partial charge in [-0.1, -0.05) is 125 Å². The molecule has 0 saturated heterocycles. The number of aryl methyl sites for hydroxylation is 4. The van der Waals surface area contributed by atoms with E-state index in [4.69, 9.17) is 17.0 Å². The van der Waals surface area contributed by atoms with E-state index >= 15 is 0 Å². The van der Waals surface area contributed by atoms with E-state index in [1.165, 1.54) is 95.9 Å². The van der Waals surface area contributed by atoms with E-state index < -0.39 is 20.8 Å². The first-order valence-electron chi connectivity index (χ1n) is 16.4. The summed E-state index contributed by atoms with van der Waals surface area (Å²) in [5.74, 6) is 0. The summed E-state index contributed by atoms with van der Waals surface area (Å²) in [5, 5.41) is 0. The van der Waals surface area contributed by atoms with Gasteiger partial charge in [-0.25, -0.2) is 0 Å². The maximum atomic E-state index is 4.93. The number of benzene rings is 4. The van der Waals surface area contributed by atoms with Crippen LogP contribution < -0.4 is 0 Å². The van der Waals surface area contributed by atoms with Gasteiger partial charge in [-0.05, 0) is 125 Å². The van der Waals surface area contributed by atoms with E-state index in [1.807, 2.05) is 0 Å². The van der Waals surface area contributed by atoms with E-state index in [0.717, 1.165) is 6.42 Å². The number of fused-ring (bicyclic) bond motifs is 3. The Kier molecular flexibility index (Phi) is 13.0. The molecule has 44 heavy (non-hydrogen) atoms. The Hall–Kier alpha value is -1.66. The first-order chi connectivity index (χ1) is 21.1. The molecule has 1 aliphatic carbocycles. The summed E-state index contributed by atoms with van der Waals surface area (Å²) in [5.41, 5.74) is 15.4. The standard InChI is InChI=1S/C41H50.2ClH.Zr/c1-30-25-34-27-35-26-31(2)33(18-14-16-24-41(5,6)37-21-11-8-12-22-37)29-39(35)38(34)28-32(30)17-13-15-23-40(3,4)36-19-9-7-10-20-36;;;/h7-12,19-22,25-26,28-29H,13-18,23-24,27H2,1-6H3;2*1H;/q;;;+2/p-2. The molecule has 4 aromatic rings. The second-order valence-corrected chi connectivity index (χ2v) is 17.8. The van der Waals surface area contributed by atoms with Crippen LogP contribution in [0.4, 0.5) is 0 Å². The van der Waals surface area contributed by atoms with Gasteiger partial charge in [0.25, 0.3) is 0 Å². The number of unbranched alkanes of at least 4 members (excludes halogenated alkanes) is 2. The molecule has 0 heterocycles. The van der Waals surface area contributed by atoms with Crippen molar-refractivity contribution in [3.05, 3.63) is 129 Å². The van der Waals surface area contributed by atoms with Crippen molar-refractivity contribution in [2.24, 2.45) is 0 Å². The van der Waals surface area contributed by atoms with Gasteiger partial charge in [0.1, 0.15) is 0 Å². The van der Waals surface area contributed by atoms with Gasteiger partial charge in [0.15, 0.2) is 0 Å². The van der Waals surface area contributed by atoms with Gasteiger partial charge < -0.3 is 0 Å². The van der Waals surface area contributed by atoms with Crippen LogP contribution in [0.3, 0.4) is 0 Å². The second-order valence-electron chi connectivity index (χ2n) is 14.0. The van der Waals surface area contributed by atoms with Gasteiger partial charge in [0.05, 0.1) is 0 Å². The Morgan fingerprint density at radius 1 is 0.568 bits per heavy atom. The van der Waals surface area contributed by atoms with Gasteiger partial charge in [0.2, 0.25) is 0 Å². The average Bonchev–Trinajstić information content (AvgIpc) is 3.34. The van der Waals surface area contributed by atoms with Gasteiger partial charge in [0, 0.05) is 0 Å². The van der Waals surface area contributed by atoms with Crippen LogP contribution in [0.2, 0.25) is 0 Å². The van der Waals surface area contributed by atoms with E-state index in [9.17, 15) is 0 Å². The maximum absolute atomic E-state index is 4.93. The fraction of sp³-hybridized carbons (Fsp3) is 0.415. The minimum atomic E-state index is -0.826. The van der Waals surface area contributed by atoms with Crippen LogP contribution in [0.25, 0.3) is 11.1 Å². The second kappa shape index (κ2) is 16.3. The van der Waals surface area contributed by atoms with Crippen LogP contribution in [-0.4, -0.2) is 0 Å². The summed E-state index contributed by atoms with van der Waals surface area (Å²) in [7, 11) is 9.87. The molecule has 0 bridgehead atoms. The quantitative estimate of drug-likeness (QED) is 0.113. The molecule has 4 aromatic carbocycles. The fourth-order valence-electron chi connectivity index (χ4n) is 7.00. The van der Waals surface area contributed by atoms with Gasteiger partial charge in [-0.15, -0.1) is 0 Å². The molecule has 0 amide bonds. The van der Waals surface area contributed by atoms with Gasteiger partial charge in [-0.3, -0.25) is 0 Å². The Balaban J connectivity index is 0.00000141. The van der Waals surface area contributed by atoms with Crippen molar-refractivity contribution in [1.29, 1.82) is 0 Å². The number of hydrogen-bond donors (Lipinski definition) is 0. The molecule has 0 aliphatic heterocycles. The summed E-state index contributed by atoms with van der Waals surface area (Å²) >= 11 is -0.826. The average molecular weight is 705 g/mol. The van der Waals surface area contributed by atoms with Gasteiger partial charge >= 0.3 is 37.9 Å². The van der Waals surface area contributed by atoms with Crippen LogP contribution in [0.15, 0.2) is 84.9 Å². The number of rotatable bonds is 12. The van der Waals surface area contributed by atoms with Crippen molar-refractivity contribution in [2.75, 3.05) is 0 Å². The first-order valence-corrected chi connectivity index (χ1v) is 22.7. The van der Waals surface area contributed by atoms with Crippen molar-refractivity contribution in [3.8, 4) is 11.1 Å². The van der Waals surface area contributed by atoms with Crippen molar-refractivity contribution in [2.45, 2.75) is 110 Å². The molecule has 5 rings (SSSR count). The fourth-order valence-corrected chi connectivity index (χ4v) is 7.00. The first kappa shape index (κ1) is 35.2. The molecule has 0 atom stereocenters. The van der Waals surface area contributed by atoms with E-state index in [0.29, 0.717) is 0 Å². The topological polar surface area (TPSA) is 0 Å². The molecule has 0 radical (unpaired) electrons. The van der Waals surface area contributed by atoms with E-state index in [1.54, 1.807) is 11.1 Å². The molecular weight excluding hydrogens is 655 g/mol. The van der Waals surface area contributed by atoms with Crippen LogP contribution in [0, 0.1) is 13.8 Å². The van der Waals surface area contributed by atoms with Crippen LogP contribution in [0.1, 0.15) is 111 Å². The zero-order chi connectivity index (χ0) is 31.7.